The number of carbonyl (C=O) groups is 1. The molecule has 2 aliphatic rings. The minimum absolute atomic E-state index is 0.0353. The monoisotopic (exact) mass is 488 g/mol. The van der Waals surface area contributed by atoms with Crippen LogP contribution in [-0.2, 0) is 14.2 Å². The number of nitrogens with zero attached hydrogens (tertiary/aromatic N) is 3. The van der Waals surface area contributed by atoms with Crippen LogP contribution < -0.4 is 5.32 Å². The van der Waals surface area contributed by atoms with Gasteiger partial charge in [-0.25, -0.2) is 14.8 Å². The van der Waals surface area contributed by atoms with E-state index in [1.807, 2.05) is 30.7 Å². The first kappa shape index (κ1) is 23.2. The third kappa shape index (κ3) is 4.17. The zero-order valence-corrected chi connectivity index (χ0v) is 20.5. The van der Waals surface area contributed by atoms with Crippen LogP contribution in [0.15, 0.2) is 35.3 Å². The molecule has 5 heterocycles. The second kappa shape index (κ2) is 8.26. The molecule has 0 aromatic carbocycles. The predicted octanol–water partition coefficient (Wildman–Crippen LogP) is 4.16. The number of aliphatic hydroxyl groups excluding tert-OH is 1. The molecule has 3 aromatic heterocycles. The molecule has 5 rings (SSSR count). The van der Waals surface area contributed by atoms with Crippen molar-refractivity contribution in [2.75, 3.05) is 11.9 Å². The van der Waals surface area contributed by atoms with Crippen LogP contribution in [0.2, 0.25) is 0 Å². The Morgan fingerprint density at radius 2 is 2.06 bits per heavy atom. The number of aromatic nitrogens is 3. The second-order valence-electron chi connectivity index (χ2n) is 9.79. The van der Waals surface area contributed by atoms with Crippen LogP contribution in [0.5, 0.6) is 0 Å². The SMILES string of the molecule is CC(C)(C)OC(=O)Nc1ncnc2c1c(-c1ccco1)cn2[C@@H]1S[C@H](CO)[C@H]2OC(C)(C)O[C@H]21. The minimum Gasteiger partial charge on any atom is -0.464 e. The lowest BCUT2D eigenvalue weighted by Gasteiger charge is -2.24. The third-order valence-corrected chi connectivity index (χ3v) is 7.14. The van der Waals surface area contributed by atoms with Crippen LogP contribution in [-0.4, -0.2) is 61.2 Å². The highest BCUT2D eigenvalue weighted by Gasteiger charge is 2.55. The van der Waals surface area contributed by atoms with Crippen molar-refractivity contribution in [3.8, 4) is 11.3 Å². The van der Waals surface area contributed by atoms with Gasteiger partial charge in [-0.2, -0.15) is 0 Å². The number of nitrogens with one attached hydrogen (secondary N) is 1. The van der Waals surface area contributed by atoms with E-state index in [9.17, 15) is 9.90 Å². The Morgan fingerprint density at radius 3 is 2.74 bits per heavy atom. The van der Waals surface area contributed by atoms with Crippen molar-refractivity contribution in [1.29, 1.82) is 0 Å². The first-order valence-corrected chi connectivity index (χ1v) is 12.0. The van der Waals surface area contributed by atoms with Gasteiger partial charge in [-0.3, -0.25) is 5.32 Å². The van der Waals surface area contributed by atoms with Gasteiger partial charge in [0.15, 0.2) is 5.79 Å². The summed E-state index contributed by atoms with van der Waals surface area (Å²) in [6.45, 7) is 9.09. The van der Waals surface area contributed by atoms with E-state index in [2.05, 4.69) is 15.3 Å². The number of anilines is 1. The van der Waals surface area contributed by atoms with Gasteiger partial charge in [-0.15, -0.1) is 11.8 Å². The summed E-state index contributed by atoms with van der Waals surface area (Å²) in [5.74, 6) is 0.159. The van der Waals surface area contributed by atoms with E-state index in [-0.39, 0.29) is 29.4 Å². The summed E-state index contributed by atoms with van der Waals surface area (Å²) in [5.41, 5.74) is 0.651. The highest BCUT2D eigenvalue weighted by atomic mass is 32.2. The van der Waals surface area contributed by atoms with Crippen molar-refractivity contribution >= 4 is 34.7 Å². The van der Waals surface area contributed by atoms with Gasteiger partial charge in [0, 0.05) is 11.8 Å². The number of fused-ring (bicyclic) bond motifs is 2. The molecule has 2 fully saturated rings. The molecule has 11 heteroatoms. The number of amides is 1. The lowest BCUT2D eigenvalue weighted by molar-refractivity contribution is -0.149. The first-order valence-electron chi connectivity index (χ1n) is 11.1. The number of thioether (sulfide) groups is 1. The second-order valence-corrected chi connectivity index (χ2v) is 11.1. The molecule has 10 nitrogen and oxygen atoms in total. The number of aliphatic hydroxyl groups is 1. The predicted molar refractivity (Wildman–Crippen MR) is 126 cm³/mol. The maximum absolute atomic E-state index is 12.5. The summed E-state index contributed by atoms with van der Waals surface area (Å²) in [6.07, 6.45) is 3.73. The van der Waals surface area contributed by atoms with E-state index in [1.165, 1.54) is 6.33 Å². The largest absolute Gasteiger partial charge is 0.464 e. The molecule has 3 aromatic rings. The lowest BCUT2D eigenvalue weighted by atomic mass is 10.1. The summed E-state index contributed by atoms with van der Waals surface area (Å²) in [5, 5.41) is 13.0. The lowest BCUT2D eigenvalue weighted by Crippen LogP contribution is -2.30. The molecule has 2 saturated heterocycles. The maximum Gasteiger partial charge on any atom is 0.413 e. The average Bonchev–Trinajstić information content (AvgIpc) is 3.48. The Hall–Kier alpha value is -2.60. The molecule has 2 N–H and O–H groups in total. The number of furan rings is 1. The Kier molecular flexibility index (Phi) is 5.63. The van der Waals surface area contributed by atoms with E-state index in [0.29, 0.717) is 22.6 Å². The Morgan fingerprint density at radius 1 is 1.29 bits per heavy atom. The number of hydrogen-bond donors (Lipinski definition) is 2. The quantitative estimate of drug-likeness (QED) is 0.557. The van der Waals surface area contributed by atoms with Gasteiger partial charge in [0.2, 0.25) is 0 Å². The molecule has 2 aliphatic heterocycles. The average molecular weight is 489 g/mol. The van der Waals surface area contributed by atoms with Gasteiger partial charge in [-0.1, -0.05) is 0 Å². The Labute approximate surface area is 201 Å². The van der Waals surface area contributed by atoms with Gasteiger partial charge in [0.25, 0.3) is 0 Å². The topological polar surface area (TPSA) is 121 Å². The standard InChI is InChI=1S/C23H28N4O6S/c1-22(2,3)33-21(29)26-18-15-12(13-7-6-8-30-13)9-27(19(15)25-11-24-18)20-17-16(14(10-28)34-20)31-23(4,5)32-17/h6-9,11,14,16-17,20,28H,10H2,1-5H3,(H,24,25,26,29)/t14-,16-,17-,20-/m1/s1. The van der Waals surface area contributed by atoms with Crippen molar-refractivity contribution < 1.29 is 28.5 Å². The van der Waals surface area contributed by atoms with Crippen molar-refractivity contribution in [2.24, 2.45) is 0 Å². The number of rotatable bonds is 4. The molecule has 182 valence electrons. The number of carbonyl (C=O) groups excluding carboxylic acids is 1. The molecule has 0 aliphatic carbocycles. The van der Waals surface area contributed by atoms with E-state index in [0.717, 1.165) is 5.56 Å². The zero-order valence-electron chi connectivity index (χ0n) is 19.6. The summed E-state index contributed by atoms with van der Waals surface area (Å²) in [7, 11) is 0. The highest BCUT2D eigenvalue weighted by molar-refractivity contribution is 8.00. The van der Waals surface area contributed by atoms with E-state index in [4.69, 9.17) is 18.6 Å². The van der Waals surface area contributed by atoms with Crippen LogP contribution in [0.1, 0.15) is 40.0 Å². The summed E-state index contributed by atoms with van der Waals surface area (Å²) >= 11 is 1.57. The van der Waals surface area contributed by atoms with Crippen molar-refractivity contribution in [3.05, 3.63) is 30.9 Å². The molecular weight excluding hydrogens is 460 g/mol. The normalized spacial score (nSPS) is 26.1. The summed E-state index contributed by atoms with van der Waals surface area (Å²) in [4.78, 5) is 21.4. The van der Waals surface area contributed by atoms with Crippen molar-refractivity contribution in [3.63, 3.8) is 0 Å². The van der Waals surface area contributed by atoms with Crippen LogP contribution in [0.25, 0.3) is 22.4 Å². The van der Waals surface area contributed by atoms with Crippen LogP contribution in [0.3, 0.4) is 0 Å². The number of hydrogen-bond acceptors (Lipinski definition) is 9. The molecule has 0 unspecified atom stereocenters. The molecule has 1 amide bonds. The minimum atomic E-state index is -0.757. The van der Waals surface area contributed by atoms with Crippen LogP contribution in [0.4, 0.5) is 10.6 Å². The van der Waals surface area contributed by atoms with Gasteiger partial charge >= 0.3 is 6.09 Å². The maximum atomic E-state index is 12.5. The van der Waals surface area contributed by atoms with Gasteiger partial charge in [0.05, 0.1) is 23.5 Å². The van der Waals surface area contributed by atoms with Crippen molar-refractivity contribution in [1.82, 2.24) is 14.5 Å². The van der Waals surface area contributed by atoms with E-state index >= 15 is 0 Å². The Balaban J connectivity index is 1.61. The molecule has 4 atom stereocenters. The van der Waals surface area contributed by atoms with E-state index < -0.39 is 17.5 Å². The third-order valence-electron chi connectivity index (χ3n) is 5.59. The van der Waals surface area contributed by atoms with Crippen LogP contribution in [0, 0.1) is 0 Å². The van der Waals surface area contributed by atoms with Gasteiger partial charge < -0.3 is 28.3 Å². The highest BCUT2D eigenvalue weighted by Crippen LogP contribution is 2.52. The van der Waals surface area contributed by atoms with Gasteiger partial charge in [-0.05, 0) is 46.8 Å². The van der Waals surface area contributed by atoms with E-state index in [1.54, 1.807) is 44.9 Å². The van der Waals surface area contributed by atoms with Crippen molar-refractivity contribution in [2.45, 2.75) is 68.8 Å². The fourth-order valence-corrected chi connectivity index (χ4v) is 5.89. The molecular formula is C23H28N4O6S. The molecule has 0 spiro atoms. The molecule has 0 saturated carbocycles. The first-order chi connectivity index (χ1) is 16.1. The fourth-order valence-electron chi connectivity index (χ4n) is 4.42. The summed E-state index contributed by atoms with van der Waals surface area (Å²) in [6, 6.07) is 3.63. The van der Waals surface area contributed by atoms with Gasteiger partial charge in [0.1, 0.15) is 46.7 Å². The molecule has 0 radical (unpaired) electrons. The summed E-state index contributed by atoms with van der Waals surface area (Å²) < 4.78 is 25.4. The molecule has 34 heavy (non-hydrogen) atoms. The van der Waals surface area contributed by atoms with Crippen LogP contribution >= 0.6 is 11.8 Å². The number of ether oxygens (including phenoxy) is 3. The smallest absolute Gasteiger partial charge is 0.413 e. The Bertz CT molecular complexity index is 1200. The fraction of sp³-hybridized carbons (Fsp3) is 0.522. The molecule has 0 bridgehead atoms. The zero-order chi connectivity index (χ0) is 24.3.